The summed E-state index contributed by atoms with van der Waals surface area (Å²) in [7, 11) is 0. The zero-order chi connectivity index (χ0) is 41.7. The molecule has 0 spiro atoms. The van der Waals surface area contributed by atoms with Gasteiger partial charge in [0.05, 0.1) is 46.2 Å². The normalized spacial score (nSPS) is 10.1. The van der Waals surface area contributed by atoms with Gasteiger partial charge in [0.1, 0.15) is 41.6 Å². The van der Waals surface area contributed by atoms with Gasteiger partial charge < -0.3 is 53.2 Å². The van der Waals surface area contributed by atoms with Gasteiger partial charge in [0.25, 0.3) is 5.78 Å². The summed E-state index contributed by atoms with van der Waals surface area (Å²) < 4.78 is 37.3. The van der Waals surface area contributed by atoms with Crippen LogP contribution in [0.25, 0.3) is 0 Å². The standard InChI is InChI=1S/C22H26O13.C8H12O4.C3H8O3/c1-7-30-18(25)13(5)20(27)34-11-15(35-21(28)14(6)19(26)31-8-2)10-33-17(24)12(4)16(23)22(29)32-9-3;1-4-11-7(9)6(3)8(10)12-5-2;4-1-3(6)2-5/h15H,4-11H2,1-3H3;3-5H2,1-2H3;3-6H,1-2H2. The zero-order valence-electron chi connectivity index (χ0n) is 30.1. The number of aliphatic hydroxyl groups excluding tert-OH is 3. The molecule has 0 amide bonds. The molecule has 0 aliphatic rings. The zero-order valence-corrected chi connectivity index (χ0v) is 30.1. The maximum atomic E-state index is 12.2. The first-order chi connectivity index (χ1) is 24.8. The van der Waals surface area contributed by atoms with Crippen LogP contribution in [0.15, 0.2) is 48.6 Å². The molecule has 0 aromatic rings. The molecular weight excluding hydrogens is 716 g/mol. The SMILES string of the molecule is C=C(C(=O)OCC)C(=O)OCC.C=C(C(=O)OCC)C(=O)OCC(COC(=O)C(=C)C(=O)C(=O)OCC)OC(=O)C(=C)C(=O)OCC.OCC(O)CO. The fourth-order valence-corrected chi connectivity index (χ4v) is 2.44. The predicted octanol–water partition coefficient (Wildman–Crippen LogP) is -1.09. The van der Waals surface area contributed by atoms with Gasteiger partial charge in [-0.1, -0.05) is 26.3 Å². The second-order valence-corrected chi connectivity index (χ2v) is 9.09. The molecule has 1 atom stereocenters. The maximum Gasteiger partial charge on any atom is 0.379 e. The molecule has 0 heterocycles. The van der Waals surface area contributed by atoms with Crippen molar-refractivity contribution in [3.63, 3.8) is 0 Å². The smallest absolute Gasteiger partial charge is 0.379 e. The van der Waals surface area contributed by atoms with Gasteiger partial charge in [0, 0.05) is 0 Å². The van der Waals surface area contributed by atoms with E-state index in [1.54, 1.807) is 13.8 Å². The van der Waals surface area contributed by atoms with Gasteiger partial charge in [-0.15, -0.1) is 0 Å². The Bertz CT molecular complexity index is 1320. The molecular formula is C33H46O20. The number of esters is 8. The van der Waals surface area contributed by atoms with E-state index in [2.05, 4.69) is 50.0 Å². The lowest BCUT2D eigenvalue weighted by Crippen LogP contribution is -2.34. The summed E-state index contributed by atoms with van der Waals surface area (Å²) in [5.41, 5.74) is -2.53. The van der Waals surface area contributed by atoms with Gasteiger partial charge in [-0.2, -0.15) is 0 Å². The van der Waals surface area contributed by atoms with Crippen molar-refractivity contribution in [2.75, 3.05) is 59.5 Å². The number of hydrogen-bond donors (Lipinski definition) is 3. The first-order valence-electron chi connectivity index (χ1n) is 15.4. The molecule has 0 aliphatic carbocycles. The van der Waals surface area contributed by atoms with Gasteiger partial charge in [-0.3, -0.25) is 4.79 Å². The van der Waals surface area contributed by atoms with Crippen LogP contribution < -0.4 is 0 Å². The molecule has 0 aromatic heterocycles. The minimum Gasteiger partial charge on any atom is -0.462 e. The van der Waals surface area contributed by atoms with Gasteiger partial charge in [-0.05, 0) is 34.6 Å². The maximum absolute atomic E-state index is 12.2. The third-order valence-corrected chi connectivity index (χ3v) is 5.06. The van der Waals surface area contributed by atoms with Crippen molar-refractivity contribution >= 4 is 53.5 Å². The van der Waals surface area contributed by atoms with E-state index in [9.17, 15) is 43.2 Å². The van der Waals surface area contributed by atoms with Crippen LogP contribution in [0.2, 0.25) is 0 Å². The molecule has 0 radical (unpaired) electrons. The molecule has 20 heteroatoms. The quantitative estimate of drug-likeness (QED) is 0.0313. The van der Waals surface area contributed by atoms with Crippen LogP contribution in [0, 0.1) is 0 Å². The van der Waals surface area contributed by atoms with Gasteiger partial charge >= 0.3 is 47.8 Å². The van der Waals surface area contributed by atoms with Crippen molar-refractivity contribution in [1.82, 2.24) is 0 Å². The summed E-state index contributed by atoms with van der Waals surface area (Å²) in [6.45, 7) is 18.4. The third-order valence-electron chi connectivity index (χ3n) is 5.06. The molecule has 3 N–H and O–H groups in total. The van der Waals surface area contributed by atoms with Crippen molar-refractivity contribution in [1.29, 1.82) is 0 Å². The highest BCUT2D eigenvalue weighted by molar-refractivity contribution is 6.46. The minimum absolute atomic E-state index is 0.0360. The van der Waals surface area contributed by atoms with E-state index in [0.29, 0.717) is 0 Å². The molecule has 0 aliphatic heterocycles. The van der Waals surface area contributed by atoms with Crippen LogP contribution in [-0.2, 0) is 81.0 Å². The molecule has 1 unspecified atom stereocenters. The second kappa shape index (κ2) is 29.9. The first-order valence-corrected chi connectivity index (χ1v) is 15.4. The molecule has 0 aromatic carbocycles. The molecule has 0 bridgehead atoms. The fourth-order valence-electron chi connectivity index (χ4n) is 2.44. The Morgan fingerprint density at radius 1 is 0.434 bits per heavy atom. The lowest BCUT2D eigenvalue weighted by Gasteiger charge is -2.18. The van der Waals surface area contributed by atoms with Crippen LogP contribution in [0.5, 0.6) is 0 Å². The van der Waals surface area contributed by atoms with Crippen molar-refractivity contribution < 1.29 is 96.4 Å². The highest BCUT2D eigenvalue weighted by Crippen LogP contribution is 2.08. The Morgan fingerprint density at radius 3 is 0.981 bits per heavy atom. The van der Waals surface area contributed by atoms with E-state index >= 15 is 0 Å². The Morgan fingerprint density at radius 2 is 0.698 bits per heavy atom. The predicted molar refractivity (Wildman–Crippen MR) is 177 cm³/mol. The van der Waals surface area contributed by atoms with Crippen molar-refractivity contribution in [3.05, 3.63) is 48.6 Å². The topological polar surface area (TPSA) is 288 Å². The highest BCUT2D eigenvalue weighted by Gasteiger charge is 2.29. The molecule has 0 fully saturated rings. The second-order valence-electron chi connectivity index (χ2n) is 9.09. The van der Waals surface area contributed by atoms with Crippen molar-refractivity contribution in [2.24, 2.45) is 0 Å². The summed E-state index contributed by atoms with van der Waals surface area (Å²) in [6, 6.07) is 0. The number of aliphatic hydroxyl groups is 3. The molecule has 53 heavy (non-hydrogen) atoms. The number of Topliss-reactive ketones (excluding diaryl/α,β-unsaturated/α-hetero) is 1. The van der Waals surface area contributed by atoms with Crippen LogP contribution in [0.1, 0.15) is 34.6 Å². The van der Waals surface area contributed by atoms with E-state index in [4.69, 9.17) is 29.5 Å². The van der Waals surface area contributed by atoms with Gasteiger partial charge in [-0.25, -0.2) is 38.4 Å². The van der Waals surface area contributed by atoms with Crippen LogP contribution >= 0.6 is 0 Å². The van der Waals surface area contributed by atoms with Crippen LogP contribution in [0.4, 0.5) is 0 Å². The lowest BCUT2D eigenvalue weighted by atomic mass is 10.2. The lowest BCUT2D eigenvalue weighted by molar-refractivity contribution is -0.164. The summed E-state index contributed by atoms with van der Waals surface area (Å²) in [6.07, 6.45) is -2.51. The Balaban J connectivity index is -0.00000113. The van der Waals surface area contributed by atoms with E-state index < -0.39 is 95.7 Å². The van der Waals surface area contributed by atoms with E-state index in [1.165, 1.54) is 20.8 Å². The van der Waals surface area contributed by atoms with Crippen molar-refractivity contribution in [2.45, 2.75) is 46.8 Å². The minimum atomic E-state index is -1.55. The molecule has 20 nitrogen and oxygen atoms in total. The highest BCUT2D eigenvalue weighted by atomic mass is 16.6. The largest absolute Gasteiger partial charge is 0.462 e. The van der Waals surface area contributed by atoms with E-state index in [-0.39, 0.29) is 51.8 Å². The summed E-state index contributed by atoms with van der Waals surface area (Å²) in [4.78, 5) is 104. The van der Waals surface area contributed by atoms with Gasteiger partial charge in [0.2, 0.25) is 0 Å². The summed E-state index contributed by atoms with van der Waals surface area (Å²) in [5, 5.41) is 24.0. The van der Waals surface area contributed by atoms with Crippen LogP contribution in [0.3, 0.4) is 0 Å². The Kier molecular flexibility index (Phi) is 29.2. The molecule has 0 saturated carbocycles. The first kappa shape index (κ1) is 51.6. The summed E-state index contributed by atoms with van der Waals surface area (Å²) >= 11 is 0. The Labute approximate surface area is 304 Å². The number of carbonyl (C=O) groups excluding carboxylic acids is 9. The van der Waals surface area contributed by atoms with E-state index in [0.717, 1.165) is 0 Å². The molecule has 0 saturated heterocycles. The fraction of sp³-hybridized carbons (Fsp3) is 0.485. The number of carbonyl (C=O) groups is 9. The molecule has 0 rings (SSSR count). The number of hydrogen-bond acceptors (Lipinski definition) is 20. The number of ether oxygens (including phenoxy) is 8. The number of rotatable bonds is 21. The van der Waals surface area contributed by atoms with Gasteiger partial charge in [0.15, 0.2) is 6.10 Å². The number of ketones is 1. The summed E-state index contributed by atoms with van der Waals surface area (Å²) in [5.74, 6) is -10.2. The van der Waals surface area contributed by atoms with Crippen LogP contribution in [-0.4, -0.2) is 141 Å². The molecule has 298 valence electrons. The average Bonchev–Trinajstić information content (AvgIpc) is 3.14. The average molecular weight is 763 g/mol. The Hall–Kier alpha value is -5.73. The monoisotopic (exact) mass is 762 g/mol. The van der Waals surface area contributed by atoms with Crippen molar-refractivity contribution in [3.8, 4) is 0 Å². The third kappa shape index (κ3) is 22.7. The van der Waals surface area contributed by atoms with E-state index in [1.807, 2.05) is 0 Å².